The lowest BCUT2D eigenvalue weighted by molar-refractivity contribution is -0.385. The molecule has 6 heteroatoms. The van der Waals surface area contributed by atoms with Crippen LogP contribution in [0.25, 0.3) is 0 Å². The van der Waals surface area contributed by atoms with E-state index in [1.165, 1.54) is 25.3 Å². The van der Waals surface area contributed by atoms with Crippen LogP contribution < -0.4 is 9.47 Å². The summed E-state index contributed by atoms with van der Waals surface area (Å²) in [7, 11) is 1.43. The summed E-state index contributed by atoms with van der Waals surface area (Å²) in [5.41, 5.74) is -0.0519. The highest BCUT2D eigenvalue weighted by molar-refractivity contribution is 5.79. The average Bonchev–Trinajstić information content (AvgIpc) is 2.39. The number of carbonyl (C=O) groups is 1. The topological polar surface area (TPSA) is 78.7 Å². The Morgan fingerprint density at radius 3 is 2.79 bits per heavy atom. The van der Waals surface area contributed by atoms with Gasteiger partial charge in [0.2, 0.25) is 0 Å². The first-order chi connectivity index (χ1) is 9.10. The van der Waals surface area contributed by atoms with Crippen LogP contribution in [0.15, 0.2) is 18.2 Å². The normalized spacial score (nSPS) is 19.0. The number of carbonyl (C=O) groups excluding carboxylic acids is 1. The smallest absolute Gasteiger partial charge is 0.273 e. The van der Waals surface area contributed by atoms with Crippen molar-refractivity contribution in [2.75, 3.05) is 7.11 Å². The van der Waals surface area contributed by atoms with Gasteiger partial charge in [-0.2, -0.15) is 0 Å². The predicted molar refractivity (Wildman–Crippen MR) is 67.5 cm³/mol. The number of non-ortho nitro benzene ring substituents is 1. The van der Waals surface area contributed by atoms with Gasteiger partial charge < -0.3 is 9.47 Å². The molecule has 0 bridgehead atoms. The summed E-state index contributed by atoms with van der Waals surface area (Å²) in [5, 5.41) is 10.7. The molecule has 1 fully saturated rings. The monoisotopic (exact) mass is 265 g/mol. The number of ketones is 1. The molecule has 1 unspecified atom stereocenters. The van der Waals surface area contributed by atoms with E-state index in [2.05, 4.69) is 0 Å². The third-order valence-corrected chi connectivity index (χ3v) is 3.09. The Balaban J connectivity index is 2.15. The van der Waals surface area contributed by atoms with Crippen LogP contribution in [0.4, 0.5) is 5.69 Å². The molecule has 0 amide bonds. The molecule has 1 aromatic carbocycles. The van der Waals surface area contributed by atoms with Gasteiger partial charge in [-0.15, -0.1) is 0 Å². The predicted octanol–water partition coefficient (Wildman–Crippen LogP) is 2.49. The largest absolute Gasteiger partial charge is 0.493 e. The van der Waals surface area contributed by atoms with Gasteiger partial charge in [0, 0.05) is 18.9 Å². The molecule has 1 atom stereocenters. The van der Waals surface area contributed by atoms with Crippen LogP contribution in [0, 0.1) is 10.1 Å². The van der Waals surface area contributed by atoms with Crippen LogP contribution in [0.2, 0.25) is 0 Å². The van der Waals surface area contributed by atoms with Gasteiger partial charge in [-0.25, -0.2) is 0 Å². The van der Waals surface area contributed by atoms with E-state index in [0.29, 0.717) is 24.3 Å². The van der Waals surface area contributed by atoms with Gasteiger partial charge in [-0.05, 0) is 18.9 Å². The summed E-state index contributed by atoms with van der Waals surface area (Å²) in [6.45, 7) is 0. The number of hydrogen-bond acceptors (Lipinski definition) is 5. The molecule has 1 saturated carbocycles. The molecule has 0 saturated heterocycles. The van der Waals surface area contributed by atoms with Crippen molar-refractivity contribution < 1.29 is 19.2 Å². The third kappa shape index (κ3) is 3.21. The summed E-state index contributed by atoms with van der Waals surface area (Å²) < 4.78 is 10.8. The maximum atomic E-state index is 11.4. The number of benzene rings is 1. The first kappa shape index (κ1) is 13.3. The fourth-order valence-corrected chi connectivity index (χ4v) is 2.13. The minimum atomic E-state index is -0.490. The van der Waals surface area contributed by atoms with E-state index in [1.54, 1.807) is 0 Å². The molecule has 0 N–H and O–H groups in total. The molecule has 1 aliphatic rings. The van der Waals surface area contributed by atoms with Gasteiger partial charge in [0.1, 0.15) is 11.9 Å². The summed E-state index contributed by atoms with van der Waals surface area (Å²) >= 11 is 0. The first-order valence-electron chi connectivity index (χ1n) is 6.11. The molecule has 2 rings (SSSR count). The Morgan fingerprint density at radius 1 is 1.37 bits per heavy atom. The van der Waals surface area contributed by atoms with E-state index >= 15 is 0 Å². The molecular weight excluding hydrogens is 250 g/mol. The zero-order chi connectivity index (χ0) is 13.8. The molecule has 0 aliphatic heterocycles. The van der Waals surface area contributed by atoms with Crippen LogP contribution in [0.1, 0.15) is 25.7 Å². The highest BCUT2D eigenvalue weighted by atomic mass is 16.6. The Hall–Kier alpha value is -2.11. The molecule has 19 heavy (non-hydrogen) atoms. The van der Waals surface area contributed by atoms with E-state index in [9.17, 15) is 14.9 Å². The van der Waals surface area contributed by atoms with E-state index in [4.69, 9.17) is 9.47 Å². The second kappa shape index (κ2) is 5.69. The Morgan fingerprint density at radius 2 is 2.16 bits per heavy atom. The van der Waals surface area contributed by atoms with E-state index in [-0.39, 0.29) is 17.6 Å². The summed E-state index contributed by atoms with van der Waals surface area (Å²) in [5.74, 6) is 0.942. The number of ether oxygens (including phenoxy) is 2. The quantitative estimate of drug-likeness (QED) is 0.617. The minimum absolute atomic E-state index is 0.0519. The Labute approximate surface area is 110 Å². The van der Waals surface area contributed by atoms with Crippen LogP contribution in [-0.2, 0) is 4.79 Å². The zero-order valence-corrected chi connectivity index (χ0v) is 10.6. The van der Waals surface area contributed by atoms with E-state index in [0.717, 1.165) is 12.8 Å². The van der Waals surface area contributed by atoms with E-state index < -0.39 is 4.92 Å². The summed E-state index contributed by atoms with van der Waals surface area (Å²) in [6, 6.07) is 4.19. The van der Waals surface area contributed by atoms with Gasteiger partial charge in [0.25, 0.3) is 5.69 Å². The van der Waals surface area contributed by atoms with Crippen LogP contribution >= 0.6 is 0 Å². The standard InChI is InChI=1S/C13H15NO5/c1-18-13-7-9(14(16)17)5-6-12(13)19-11-4-2-3-10(15)8-11/h5-7,11H,2-4,8H2,1H3. The lowest BCUT2D eigenvalue weighted by atomic mass is 9.96. The molecule has 0 heterocycles. The van der Waals surface area contributed by atoms with Crippen molar-refractivity contribution in [3.63, 3.8) is 0 Å². The molecular formula is C13H15NO5. The molecule has 6 nitrogen and oxygen atoms in total. The number of nitro groups is 1. The minimum Gasteiger partial charge on any atom is -0.493 e. The molecule has 0 spiro atoms. The number of Topliss-reactive ketones (excluding diaryl/α,β-unsaturated/α-hetero) is 1. The number of rotatable bonds is 4. The Kier molecular flexibility index (Phi) is 3.99. The summed E-state index contributed by atoms with van der Waals surface area (Å²) in [6.07, 6.45) is 2.46. The summed E-state index contributed by atoms with van der Waals surface area (Å²) in [4.78, 5) is 21.5. The van der Waals surface area contributed by atoms with Crippen molar-refractivity contribution in [1.82, 2.24) is 0 Å². The van der Waals surface area contributed by atoms with Crippen molar-refractivity contribution in [1.29, 1.82) is 0 Å². The Bertz CT molecular complexity index is 500. The number of nitro benzene ring substituents is 1. The molecule has 1 aliphatic carbocycles. The molecule has 1 aromatic rings. The van der Waals surface area contributed by atoms with Crippen LogP contribution in [-0.4, -0.2) is 23.9 Å². The van der Waals surface area contributed by atoms with Crippen molar-refractivity contribution in [3.05, 3.63) is 28.3 Å². The number of methoxy groups -OCH3 is 1. The molecule has 0 radical (unpaired) electrons. The number of hydrogen-bond donors (Lipinski definition) is 0. The van der Waals surface area contributed by atoms with Crippen molar-refractivity contribution >= 4 is 11.5 Å². The van der Waals surface area contributed by atoms with Gasteiger partial charge in [0.15, 0.2) is 11.5 Å². The van der Waals surface area contributed by atoms with Gasteiger partial charge >= 0.3 is 0 Å². The highest BCUT2D eigenvalue weighted by Gasteiger charge is 2.22. The van der Waals surface area contributed by atoms with E-state index in [1.807, 2.05) is 0 Å². The first-order valence-corrected chi connectivity index (χ1v) is 6.11. The maximum Gasteiger partial charge on any atom is 0.273 e. The van der Waals surface area contributed by atoms with Gasteiger partial charge in [-0.1, -0.05) is 0 Å². The lowest BCUT2D eigenvalue weighted by Crippen LogP contribution is -2.25. The maximum absolute atomic E-state index is 11.4. The third-order valence-electron chi connectivity index (χ3n) is 3.09. The van der Waals surface area contributed by atoms with Gasteiger partial charge in [-0.3, -0.25) is 14.9 Å². The highest BCUT2D eigenvalue weighted by Crippen LogP contribution is 2.33. The van der Waals surface area contributed by atoms with Crippen molar-refractivity contribution in [3.8, 4) is 11.5 Å². The lowest BCUT2D eigenvalue weighted by Gasteiger charge is -2.23. The fourth-order valence-electron chi connectivity index (χ4n) is 2.13. The van der Waals surface area contributed by atoms with Gasteiger partial charge in [0.05, 0.1) is 18.1 Å². The van der Waals surface area contributed by atoms with Crippen molar-refractivity contribution in [2.45, 2.75) is 31.8 Å². The second-order valence-electron chi connectivity index (χ2n) is 4.47. The van der Waals surface area contributed by atoms with Crippen molar-refractivity contribution in [2.24, 2.45) is 0 Å². The SMILES string of the molecule is COc1cc([N+](=O)[O-])ccc1OC1CCCC(=O)C1. The molecule has 0 aromatic heterocycles. The van der Waals surface area contributed by atoms with Crippen LogP contribution in [0.3, 0.4) is 0 Å². The fraction of sp³-hybridized carbons (Fsp3) is 0.462. The average molecular weight is 265 g/mol. The molecule has 102 valence electrons. The van der Waals surface area contributed by atoms with Crippen LogP contribution in [0.5, 0.6) is 11.5 Å². The number of nitrogens with zero attached hydrogens (tertiary/aromatic N) is 1. The second-order valence-corrected chi connectivity index (χ2v) is 4.47. The zero-order valence-electron chi connectivity index (χ0n) is 10.6.